The van der Waals surface area contributed by atoms with Crippen LogP contribution in [0.4, 0.5) is 5.69 Å². The van der Waals surface area contributed by atoms with Crippen LogP contribution in [0.5, 0.6) is 0 Å². The summed E-state index contributed by atoms with van der Waals surface area (Å²) in [6.07, 6.45) is 5.05. The molecule has 140 valence electrons. The second-order valence-corrected chi connectivity index (χ2v) is 6.95. The van der Waals surface area contributed by atoms with Crippen molar-refractivity contribution in [2.45, 2.75) is 5.16 Å². The maximum Gasteiger partial charge on any atom is 0.258 e. The summed E-state index contributed by atoms with van der Waals surface area (Å²) in [4.78, 5) is 12.6. The number of carbonyl (C=O) groups excluding carboxylic acids is 1. The largest absolute Gasteiger partial charge is 0.322 e. The molecule has 0 aliphatic carbocycles. The lowest BCUT2D eigenvalue weighted by Crippen LogP contribution is -2.11. The highest BCUT2D eigenvalue weighted by Crippen LogP contribution is 2.20. The zero-order valence-electron chi connectivity index (χ0n) is 14.7. The van der Waals surface area contributed by atoms with Gasteiger partial charge in [0, 0.05) is 16.9 Å². The highest BCUT2D eigenvalue weighted by molar-refractivity contribution is 7.98. The summed E-state index contributed by atoms with van der Waals surface area (Å²) in [5.41, 5.74) is 2.58. The molecule has 8 nitrogen and oxygen atoms in total. The van der Waals surface area contributed by atoms with E-state index in [4.69, 9.17) is 11.6 Å². The number of hydrogen-bond acceptors (Lipinski definition) is 6. The fourth-order valence-electron chi connectivity index (χ4n) is 2.59. The summed E-state index contributed by atoms with van der Waals surface area (Å²) < 4.78 is 3.21. The van der Waals surface area contributed by atoms with Gasteiger partial charge in [0.2, 0.25) is 5.16 Å². The van der Waals surface area contributed by atoms with Crippen LogP contribution in [-0.4, -0.2) is 42.2 Å². The summed E-state index contributed by atoms with van der Waals surface area (Å²) in [5.74, 6) is -0.271. The molecule has 0 aliphatic heterocycles. The molecule has 2 aromatic heterocycles. The molecule has 0 saturated carbocycles. The highest BCUT2D eigenvalue weighted by Gasteiger charge is 2.12. The second-order valence-electron chi connectivity index (χ2n) is 5.74. The SMILES string of the molecule is CSc1nnnn1-c1cccc(NC(=O)c2cnn(-c3cccc(Cl)c3)c2)c1. The standard InChI is InChI=1S/C18H14ClN7OS/c1-28-18-22-23-24-26(18)16-7-3-5-14(9-16)21-17(27)12-10-20-25(11-12)15-6-2-4-13(19)8-15/h2-11H,1H3,(H,21,27). The maximum atomic E-state index is 12.6. The Labute approximate surface area is 169 Å². The fourth-order valence-corrected chi connectivity index (χ4v) is 3.20. The minimum absolute atomic E-state index is 0.271. The number of hydrogen-bond donors (Lipinski definition) is 1. The predicted octanol–water partition coefficient (Wildman–Crippen LogP) is 3.48. The van der Waals surface area contributed by atoms with Crippen LogP contribution in [0.2, 0.25) is 5.02 Å². The molecule has 0 unspecified atom stereocenters. The van der Waals surface area contributed by atoms with Crippen molar-refractivity contribution >= 4 is 35.0 Å². The zero-order chi connectivity index (χ0) is 19.5. The van der Waals surface area contributed by atoms with E-state index < -0.39 is 0 Å². The highest BCUT2D eigenvalue weighted by atomic mass is 35.5. The molecular weight excluding hydrogens is 398 g/mol. The van der Waals surface area contributed by atoms with Crippen molar-refractivity contribution < 1.29 is 4.79 Å². The third kappa shape index (κ3) is 3.75. The van der Waals surface area contributed by atoms with Crippen LogP contribution in [0.1, 0.15) is 10.4 Å². The van der Waals surface area contributed by atoms with Crippen LogP contribution in [0.15, 0.2) is 66.1 Å². The van der Waals surface area contributed by atoms with E-state index in [-0.39, 0.29) is 5.91 Å². The van der Waals surface area contributed by atoms with E-state index in [2.05, 4.69) is 25.9 Å². The third-order valence-corrected chi connectivity index (χ3v) is 4.74. The molecule has 10 heteroatoms. The van der Waals surface area contributed by atoms with Crippen LogP contribution >= 0.6 is 23.4 Å². The van der Waals surface area contributed by atoms with Crippen molar-refractivity contribution in [3.05, 3.63) is 71.5 Å². The van der Waals surface area contributed by atoms with Gasteiger partial charge in [0.05, 0.1) is 23.1 Å². The number of nitrogens with one attached hydrogen (secondary N) is 1. The van der Waals surface area contributed by atoms with Crippen molar-refractivity contribution in [1.82, 2.24) is 30.0 Å². The van der Waals surface area contributed by atoms with Crippen molar-refractivity contribution in [2.75, 3.05) is 11.6 Å². The topological polar surface area (TPSA) is 90.5 Å². The molecule has 0 fully saturated rings. The van der Waals surface area contributed by atoms with E-state index >= 15 is 0 Å². The van der Waals surface area contributed by atoms with E-state index in [0.717, 1.165) is 11.4 Å². The fraction of sp³-hybridized carbons (Fsp3) is 0.0556. The number of nitrogens with zero attached hydrogens (tertiary/aromatic N) is 6. The second kappa shape index (κ2) is 7.83. The number of anilines is 1. The van der Waals surface area contributed by atoms with Gasteiger partial charge in [0.15, 0.2) is 0 Å². The Morgan fingerprint density at radius 2 is 1.96 bits per heavy atom. The molecule has 0 saturated heterocycles. The lowest BCUT2D eigenvalue weighted by Gasteiger charge is -2.07. The number of rotatable bonds is 5. The molecule has 4 rings (SSSR count). The first kappa shape index (κ1) is 18.2. The number of thioether (sulfide) groups is 1. The molecule has 0 aliphatic rings. The molecule has 2 aromatic carbocycles. The van der Waals surface area contributed by atoms with Gasteiger partial charge in [-0.3, -0.25) is 4.79 Å². The predicted molar refractivity (Wildman–Crippen MR) is 107 cm³/mol. The van der Waals surface area contributed by atoms with E-state index in [0.29, 0.717) is 21.4 Å². The van der Waals surface area contributed by atoms with Gasteiger partial charge in [-0.25, -0.2) is 4.68 Å². The van der Waals surface area contributed by atoms with Crippen LogP contribution in [0.25, 0.3) is 11.4 Å². The Balaban J connectivity index is 1.54. The van der Waals surface area contributed by atoms with E-state index in [9.17, 15) is 4.79 Å². The Bertz CT molecular complexity index is 1140. The minimum Gasteiger partial charge on any atom is -0.322 e. The van der Waals surface area contributed by atoms with Gasteiger partial charge in [-0.1, -0.05) is 35.5 Å². The number of benzene rings is 2. The number of carbonyl (C=O) groups is 1. The molecule has 1 amide bonds. The molecular formula is C18H14ClN7OS. The average molecular weight is 412 g/mol. The number of aromatic nitrogens is 6. The van der Waals surface area contributed by atoms with Crippen LogP contribution in [0.3, 0.4) is 0 Å². The number of tetrazole rings is 1. The Hall–Kier alpha value is -3.17. The Morgan fingerprint density at radius 1 is 1.14 bits per heavy atom. The van der Waals surface area contributed by atoms with Crippen molar-refractivity contribution in [1.29, 1.82) is 0 Å². The van der Waals surface area contributed by atoms with Gasteiger partial charge in [0.1, 0.15) is 0 Å². The molecule has 2 heterocycles. The van der Waals surface area contributed by atoms with Gasteiger partial charge in [0.25, 0.3) is 5.91 Å². The summed E-state index contributed by atoms with van der Waals surface area (Å²) in [6, 6.07) is 14.5. The van der Waals surface area contributed by atoms with Gasteiger partial charge in [-0.05, 0) is 53.1 Å². The third-order valence-electron chi connectivity index (χ3n) is 3.89. The smallest absolute Gasteiger partial charge is 0.258 e. The van der Waals surface area contributed by atoms with Gasteiger partial charge < -0.3 is 5.32 Å². The Kier molecular flexibility index (Phi) is 5.09. The summed E-state index contributed by atoms with van der Waals surface area (Å²) in [6.45, 7) is 0. The molecule has 0 bridgehead atoms. The zero-order valence-corrected chi connectivity index (χ0v) is 16.2. The first-order valence-electron chi connectivity index (χ1n) is 8.19. The number of halogens is 1. The Morgan fingerprint density at radius 3 is 2.79 bits per heavy atom. The molecule has 0 spiro atoms. The monoisotopic (exact) mass is 411 g/mol. The first-order chi connectivity index (χ1) is 13.6. The van der Waals surface area contributed by atoms with Crippen LogP contribution in [-0.2, 0) is 0 Å². The molecule has 0 radical (unpaired) electrons. The van der Waals surface area contributed by atoms with Gasteiger partial charge in [-0.15, -0.1) is 5.10 Å². The van der Waals surface area contributed by atoms with E-state index in [1.807, 2.05) is 30.5 Å². The van der Waals surface area contributed by atoms with Crippen molar-refractivity contribution in [2.24, 2.45) is 0 Å². The molecule has 1 N–H and O–H groups in total. The van der Waals surface area contributed by atoms with Crippen molar-refractivity contribution in [3.63, 3.8) is 0 Å². The maximum absolute atomic E-state index is 12.6. The van der Waals surface area contributed by atoms with Gasteiger partial charge in [-0.2, -0.15) is 9.78 Å². The quantitative estimate of drug-likeness (QED) is 0.505. The average Bonchev–Trinajstić information content (AvgIpc) is 3.38. The summed E-state index contributed by atoms with van der Waals surface area (Å²) in [5, 5.41) is 20.0. The van der Waals surface area contributed by atoms with Gasteiger partial charge >= 0.3 is 0 Å². The summed E-state index contributed by atoms with van der Waals surface area (Å²) >= 11 is 7.45. The van der Waals surface area contributed by atoms with Crippen LogP contribution < -0.4 is 5.32 Å². The summed E-state index contributed by atoms with van der Waals surface area (Å²) in [7, 11) is 0. The van der Waals surface area contributed by atoms with Crippen molar-refractivity contribution in [3.8, 4) is 11.4 Å². The molecule has 4 aromatic rings. The van der Waals surface area contributed by atoms with E-state index in [1.165, 1.54) is 18.0 Å². The minimum atomic E-state index is -0.271. The lowest BCUT2D eigenvalue weighted by molar-refractivity contribution is 0.102. The normalized spacial score (nSPS) is 10.8. The first-order valence-corrected chi connectivity index (χ1v) is 9.79. The van der Waals surface area contributed by atoms with E-state index in [1.54, 1.807) is 39.8 Å². The van der Waals surface area contributed by atoms with Crippen LogP contribution in [0, 0.1) is 0 Å². The molecule has 0 atom stereocenters. The lowest BCUT2D eigenvalue weighted by atomic mass is 10.2. The number of amides is 1. The molecule has 28 heavy (non-hydrogen) atoms.